The Morgan fingerprint density at radius 3 is 2.28 bits per heavy atom. The summed E-state index contributed by atoms with van der Waals surface area (Å²) in [6, 6.07) is 10.5. The molecular formula is C31H48O. The minimum absolute atomic E-state index is 0.687. The molecule has 0 amide bonds. The molecule has 0 bridgehead atoms. The van der Waals surface area contributed by atoms with Crippen LogP contribution < -0.4 is 0 Å². The lowest BCUT2D eigenvalue weighted by Gasteiger charge is -2.37. The van der Waals surface area contributed by atoms with E-state index in [2.05, 4.69) is 69.8 Å². The summed E-state index contributed by atoms with van der Waals surface area (Å²) in [6.07, 6.45) is 18.8. The SMILES string of the molecule is C=CC1CCC(C(CC)CC2CCC(C(C)/C(C)=C/COCc3ccccc3)CC2)CC1. The average Bonchev–Trinajstić information content (AvgIpc) is 2.85. The minimum atomic E-state index is 0.687. The van der Waals surface area contributed by atoms with Crippen molar-refractivity contribution in [2.75, 3.05) is 6.61 Å². The van der Waals surface area contributed by atoms with Crippen molar-refractivity contribution in [3.63, 3.8) is 0 Å². The first-order valence-electron chi connectivity index (χ1n) is 13.5. The summed E-state index contributed by atoms with van der Waals surface area (Å²) in [5, 5.41) is 0. The van der Waals surface area contributed by atoms with Crippen LogP contribution in [0.2, 0.25) is 0 Å². The fraction of sp³-hybridized carbons (Fsp3) is 0.677. The summed E-state index contributed by atoms with van der Waals surface area (Å²) < 4.78 is 5.89. The molecule has 2 fully saturated rings. The predicted octanol–water partition coefficient (Wildman–Crippen LogP) is 9.00. The number of hydrogen-bond donors (Lipinski definition) is 0. The zero-order valence-corrected chi connectivity index (χ0v) is 21.1. The van der Waals surface area contributed by atoms with Gasteiger partial charge in [-0.15, -0.1) is 6.58 Å². The maximum Gasteiger partial charge on any atom is 0.0721 e. The van der Waals surface area contributed by atoms with E-state index in [9.17, 15) is 0 Å². The van der Waals surface area contributed by atoms with Gasteiger partial charge in [0.05, 0.1) is 13.2 Å². The van der Waals surface area contributed by atoms with E-state index < -0.39 is 0 Å². The third-order valence-electron chi connectivity index (χ3n) is 8.93. The summed E-state index contributed by atoms with van der Waals surface area (Å²) in [5.41, 5.74) is 2.77. The molecule has 0 saturated heterocycles. The van der Waals surface area contributed by atoms with E-state index in [0.717, 1.165) is 36.2 Å². The largest absolute Gasteiger partial charge is 0.373 e. The summed E-state index contributed by atoms with van der Waals surface area (Å²) in [4.78, 5) is 0. The summed E-state index contributed by atoms with van der Waals surface area (Å²) >= 11 is 0. The molecule has 1 nitrogen and oxygen atoms in total. The molecule has 32 heavy (non-hydrogen) atoms. The van der Waals surface area contributed by atoms with Crippen LogP contribution in [-0.4, -0.2) is 6.61 Å². The van der Waals surface area contributed by atoms with Gasteiger partial charge in [-0.2, -0.15) is 0 Å². The Balaban J connectivity index is 1.37. The Labute approximate surface area is 198 Å². The number of rotatable bonds is 11. The van der Waals surface area contributed by atoms with Crippen molar-refractivity contribution in [3.05, 3.63) is 60.2 Å². The molecule has 2 aliphatic carbocycles. The predicted molar refractivity (Wildman–Crippen MR) is 139 cm³/mol. The Kier molecular flexibility index (Phi) is 10.6. The quantitative estimate of drug-likeness (QED) is 0.248. The van der Waals surface area contributed by atoms with Gasteiger partial charge in [-0.25, -0.2) is 0 Å². The third-order valence-corrected chi connectivity index (χ3v) is 8.93. The monoisotopic (exact) mass is 436 g/mol. The number of ether oxygens (including phenoxy) is 1. The van der Waals surface area contributed by atoms with Crippen molar-refractivity contribution in [2.45, 2.75) is 91.6 Å². The highest BCUT2D eigenvalue weighted by Crippen LogP contribution is 2.43. The molecule has 1 heteroatoms. The van der Waals surface area contributed by atoms with E-state index in [4.69, 9.17) is 4.74 Å². The lowest BCUT2D eigenvalue weighted by molar-refractivity contribution is 0.145. The number of benzene rings is 1. The molecule has 0 heterocycles. The van der Waals surface area contributed by atoms with Crippen molar-refractivity contribution in [1.82, 2.24) is 0 Å². The molecule has 0 spiro atoms. The van der Waals surface area contributed by atoms with Crippen LogP contribution >= 0.6 is 0 Å². The van der Waals surface area contributed by atoms with Gasteiger partial charge in [0, 0.05) is 0 Å². The highest BCUT2D eigenvalue weighted by molar-refractivity contribution is 5.13. The van der Waals surface area contributed by atoms with Crippen LogP contribution in [0.3, 0.4) is 0 Å². The Morgan fingerprint density at radius 2 is 1.66 bits per heavy atom. The van der Waals surface area contributed by atoms with Crippen LogP contribution in [0.15, 0.2) is 54.6 Å². The van der Waals surface area contributed by atoms with E-state index in [1.54, 1.807) is 0 Å². The Morgan fingerprint density at radius 1 is 1.00 bits per heavy atom. The molecule has 0 aromatic heterocycles. The van der Waals surface area contributed by atoms with Gasteiger partial charge in [-0.1, -0.05) is 81.2 Å². The lowest BCUT2D eigenvalue weighted by atomic mass is 9.68. The standard InChI is InChI=1S/C31H48O/c1-5-26-12-18-31(19-13-26)29(6-2)22-27-14-16-30(17-15-27)25(4)24(3)20-21-32-23-28-10-8-7-9-11-28/h5,7-11,20,25-27,29-31H,1,6,12-19,21-23H2,2-4H3/b24-20+. The molecule has 178 valence electrons. The van der Waals surface area contributed by atoms with Gasteiger partial charge in [0.25, 0.3) is 0 Å². The second kappa shape index (κ2) is 13.4. The van der Waals surface area contributed by atoms with Crippen LogP contribution in [0.5, 0.6) is 0 Å². The summed E-state index contributed by atoms with van der Waals surface area (Å²) in [5.74, 6) is 5.25. The molecule has 1 aromatic carbocycles. The average molecular weight is 437 g/mol. The maximum atomic E-state index is 5.89. The number of hydrogen-bond acceptors (Lipinski definition) is 1. The van der Waals surface area contributed by atoms with Gasteiger partial charge in [-0.05, 0) is 92.9 Å². The second-order valence-electron chi connectivity index (χ2n) is 10.8. The fourth-order valence-electron chi connectivity index (χ4n) is 6.40. The highest BCUT2D eigenvalue weighted by atomic mass is 16.5. The zero-order chi connectivity index (χ0) is 22.8. The normalized spacial score (nSPS) is 28.8. The van der Waals surface area contributed by atoms with Crippen molar-refractivity contribution in [1.29, 1.82) is 0 Å². The van der Waals surface area contributed by atoms with E-state index in [1.807, 2.05) is 0 Å². The van der Waals surface area contributed by atoms with Gasteiger partial charge in [-0.3, -0.25) is 0 Å². The van der Waals surface area contributed by atoms with Gasteiger partial charge >= 0.3 is 0 Å². The van der Waals surface area contributed by atoms with E-state index in [0.29, 0.717) is 12.5 Å². The first kappa shape index (κ1) is 25.3. The van der Waals surface area contributed by atoms with Crippen molar-refractivity contribution >= 4 is 0 Å². The smallest absolute Gasteiger partial charge is 0.0721 e. The van der Waals surface area contributed by atoms with Gasteiger partial charge in [0.2, 0.25) is 0 Å². The second-order valence-corrected chi connectivity index (χ2v) is 10.8. The molecular weight excluding hydrogens is 388 g/mol. The zero-order valence-electron chi connectivity index (χ0n) is 21.1. The van der Waals surface area contributed by atoms with Crippen LogP contribution in [0.1, 0.15) is 90.5 Å². The van der Waals surface area contributed by atoms with Gasteiger partial charge in [0.1, 0.15) is 0 Å². The van der Waals surface area contributed by atoms with Crippen LogP contribution in [0, 0.1) is 35.5 Å². The minimum Gasteiger partial charge on any atom is -0.373 e. The topological polar surface area (TPSA) is 9.23 Å². The molecule has 1 aromatic rings. The maximum absolute atomic E-state index is 5.89. The molecule has 2 atom stereocenters. The van der Waals surface area contributed by atoms with E-state index >= 15 is 0 Å². The molecule has 2 unspecified atom stereocenters. The van der Waals surface area contributed by atoms with Crippen LogP contribution in [-0.2, 0) is 11.3 Å². The van der Waals surface area contributed by atoms with Crippen molar-refractivity contribution < 1.29 is 4.74 Å². The first-order valence-corrected chi connectivity index (χ1v) is 13.5. The van der Waals surface area contributed by atoms with Crippen LogP contribution in [0.4, 0.5) is 0 Å². The fourth-order valence-corrected chi connectivity index (χ4v) is 6.40. The molecule has 0 N–H and O–H groups in total. The first-order chi connectivity index (χ1) is 15.6. The summed E-state index contributed by atoms with van der Waals surface area (Å²) in [6.45, 7) is 12.7. The van der Waals surface area contributed by atoms with Gasteiger partial charge in [0.15, 0.2) is 0 Å². The number of allylic oxidation sites excluding steroid dienone is 2. The van der Waals surface area contributed by atoms with Crippen LogP contribution in [0.25, 0.3) is 0 Å². The molecule has 0 radical (unpaired) electrons. The Bertz CT molecular complexity index is 674. The van der Waals surface area contributed by atoms with E-state index in [-0.39, 0.29) is 0 Å². The lowest BCUT2D eigenvalue weighted by Crippen LogP contribution is -2.26. The van der Waals surface area contributed by atoms with Crippen molar-refractivity contribution in [3.8, 4) is 0 Å². The van der Waals surface area contributed by atoms with Crippen molar-refractivity contribution in [2.24, 2.45) is 35.5 Å². The molecule has 0 aliphatic heterocycles. The summed E-state index contributed by atoms with van der Waals surface area (Å²) in [7, 11) is 0. The van der Waals surface area contributed by atoms with Gasteiger partial charge < -0.3 is 4.74 Å². The Hall–Kier alpha value is -1.34. The highest BCUT2D eigenvalue weighted by Gasteiger charge is 2.31. The van der Waals surface area contributed by atoms with E-state index in [1.165, 1.54) is 75.3 Å². The molecule has 3 rings (SSSR count). The molecule has 2 aliphatic rings. The molecule has 2 saturated carbocycles. The third kappa shape index (κ3) is 7.62.